The van der Waals surface area contributed by atoms with Gasteiger partial charge in [0.1, 0.15) is 5.60 Å². The molecule has 1 saturated carbocycles. The van der Waals surface area contributed by atoms with Crippen molar-refractivity contribution >= 4 is 34.5 Å². The number of alkyl halides is 2. The number of ether oxygens (including phenoxy) is 1. The van der Waals surface area contributed by atoms with Crippen LogP contribution in [0.3, 0.4) is 0 Å². The number of aromatic nitrogens is 1. The summed E-state index contributed by atoms with van der Waals surface area (Å²) in [5.74, 6) is -2.88. The van der Waals surface area contributed by atoms with Crippen LogP contribution in [0.2, 0.25) is 5.02 Å². The molecule has 0 N–H and O–H groups in total. The highest BCUT2D eigenvalue weighted by Crippen LogP contribution is 2.37. The topological polar surface area (TPSA) is 54.8 Å². The van der Waals surface area contributed by atoms with E-state index in [-0.39, 0.29) is 49.8 Å². The molecule has 2 fully saturated rings. The number of carbonyl (C=O) groups is 2. The van der Waals surface area contributed by atoms with E-state index in [1.165, 1.54) is 0 Å². The molecule has 0 radical (unpaired) electrons. The molecular formula is C25H32ClF2N3O3. The van der Waals surface area contributed by atoms with Gasteiger partial charge in [0.2, 0.25) is 5.92 Å². The minimum Gasteiger partial charge on any atom is -0.444 e. The van der Waals surface area contributed by atoms with Gasteiger partial charge in [-0.15, -0.1) is 0 Å². The highest BCUT2D eigenvalue weighted by atomic mass is 35.5. The second-order valence-corrected chi connectivity index (χ2v) is 10.9. The second-order valence-electron chi connectivity index (χ2n) is 10.5. The number of halogens is 3. The summed E-state index contributed by atoms with van der Waals surface area (Å²) in [6.07, 6.45) is 2.30. The first kappa shape index (κ1) is 24.8. The van der Waals surface area contributed by atoms with Crippen LogP contribution in [-0.2, 0) is 4.74 Å². The van der Waals surface area contributed by atoms with Gasteiger partial charge in [-0.05, 0) is 52.2 Å². The minimum atomic E-state index is -2.65. The van der Waals surface area contributed by atoms with Gasteiger partial charge in [0, 0.05) is 50.6 Å². The van der Waals surface area contributed by atoms with E-state index >= 15 is 0 Å². The Hall–Kier alpha value is -2.35. The van der Waals surface area contributed by atoms with Gasteiger partial charge in [-0.25, -0.2) is 13.6 Å². The molecule has 1 atom stereocenters. The summed E-state index contributed by atoms with van der Waals surface area (Å²) in [6.45, 7) is 6.52. The van der Waals surface area contributed by atoms with E-state index in [9.17, 15) is 18.4 Å². The lowest BCUT2D eigenvalue weighted by molar-refractivity contribution is -0.0490. The van der Waals surface area contributed by atoms with Crippen molar-refractivity contribution < 1.29 is 23.1 Å². The van der Waals surface area contributed by atoms with Gasteiger partial charge in [0.15, 0.2) is 0 Å². The number of likely N-dealkylation sites (tertiary alicyclic amines) is 1. The van der Waals surface area contributed by atoms with E-state index < -0.39 is 11.5 Å². The number of nitrogens with zero attached hydrogens (tertiary/aromatic N) is 3. The van der Waals surface area contributed by atoms with Gasteiger partial charge >= 0.3 is 6.09 Å². The maximum atomic E-state index is 13.6. The molecule has 9 heteroatoms. The molecule has 2 amide bonds. The zero-order valence-corrected chi connectivity index (χ0v) is 20.9. The van der Waals surface area contributed by atoms with Crippen LogP contribution in [0.1, 0.15) is 69.3 Å². The van der Waals surface area contributed by atoms with E-state index in [4.69, 9.17) is 16.3 Å². The first-order valence-electron chi connectivity index (χ1n) is 11.8. The molecule has 2 heterocycles. The molecule has 0 spiro atoms. The predicted molar refractivity (Wildman–Crippen MR) is 128 cm³/mol. The molecule has 186 valence electrons. The molecule has 34 heavy (non-hydrogen) atoms. The average Bonchev–Trinajstić information content (AvgIpc) is 3.37. The predicted octanol–water partition coefficient (Wildman–Crippen LogP) is 6.13. The number of hydrogen-bond donors (Lipinski definition) is 0. The molecule has 4 rings (SSSR count). The number of fused-ring (bicyclic) bond motifs is 1. The summed E-state index contributed by atoms with van der Waals surface area (Å²) in [4.78, 5) is 29.3. The van der Waals surface area contributed by atoms with Crippen LogP contribution in [0, 0.1) is 0 Å². The van der Waals surface area contributed by atoms with E-state index in [0.29, 0.717) is 29.1 Å². The van der Waals surface area contributed by atoms with Crippen molar-refractivity contribution in [3.63, 3.8) is 0 Å². The van der Waals surface area contributed by atoms with Crippen molar-refractivity contribution in [1.82, 2.24) is 14.4 Å². The molecular weight excluding hydrogens is 464 g/mol. The first-order chi connectivity index (χ1) is 15.9. The molecule has 1 aromatic carbocycles. The number of benzene rings is 1. The lowest BCUT2D eigenvalue weighted by Gasteiger charge is -2.34. The summed E-state index contributed by atoms with van der Waals surface area (Å²) in [5.41, 5.74) is 0.697. The number of hydrogen-bond acceptors (Lipinski definition) is 3. The molecule has 1 saturated heterocycles. The Morgan fingerprint density at radius 3 is 2.50 bits per heavy atom. The molecule has 1 aromatic heterocycles. The lowest BCUT2D eigenvalue weighted by atomic mass is 9.91. The van der Waals surface area contributed by atoms with Crippen LogP contribution in [-0.4, -0.2) is 64.1 Å². The summed E-state index contributed by atoms with van der Waals surface area (Å²) < 4.78 is 34.8. The van der Waals surface area contributed by atoms with Crippen LogP contribution in [0.15, 0.2) is 24.4 Å². The lowest BCUT2D eigenvalue weighted by Crippen LogP contribution is -2.41. The molecule has 2 aliphatic rings. The van der Waals surface area contributed by atoms with Crippen LogP contribution >= 0.6 is 11.6 Å². The molecule has 0 bridgehead atoms. The van der Waals surface area contributed by atoms with Gasteiger partial charge in [0.05, 0.1) is 22.1 Å². The van der Waals surface area contributed by atoms with Gasteiger partial charge in [-0.2, -0.15) is 0 Å². The highest BCUT2D eigenvalue weighted by Gasteiger charge is 2.38. The monoisotopic (exact) mass is 495 g/mol. The molecule has 2 aromatic rings. The van der Waals surface area contributed by atoms with E-state index in [0.717, 1.165) is 11.9 Å². The summed E-state index contributed by atoms with van der Waals surface area (Å²) in [5, 5.41) is 1.11. The van der Waals surface area contributed by atoms with Crippen LogP contribution in [0.5, 0.6) is 0 Å². The van der Waals surface area contributed by atoms with Crippen LogP contribution in [0.25, 0.3) is 10.9 Å². The van der Waals surface area contributed by atoms with E-state index in [1.807, 2.05) is 37.5 Å². The Labute approximate surface area is 203 Å². The Morgan fingerprint density at radius 2 is 1.85 bits per heavy atom. The minimum absolute atomic E-state index is 0.0336. The van der Waals surface area contributed by atoms with Gasteiger partial charge in [-0.1, -0.05) is 17.7 Å². The average molecular weight is 496 g/mol. The Kier molecular flexibility index (Phi) is 6.57. The third kappa shape index (κ3) is 5.02. The molecule has 1 aliphatic heterocycles. The second kappa shape index (κ2) is 9.02. The summed E-state index contributed by atoms with van der Waals surface area (Å²) in [6, 6.07) is 5.22. The van der Waals surface area contributed by atoms with E-state index in [1.54, 1.807) is 29.1 Å². The Morgan fingerprint density at radius 1 is 1.18 bits per heavy atom. The van der Waals surface area contributed by atoms with Crippen molar-refractivity contribution in [1.29, 1.82) is 0 Å². The number of rotatable bonds is 3. The van der Waals surface area contributed by atoms with Gasteiger partial charge in [0.25, 0.3) is 5.91 Å². The quantitative estimate of drug-likeness (QED) is 0.515. The standard InChI is InChI=1S/C25H32ClF2N3O3/c1-24(2,3)34-23(33)30-13-10-17(14-30)31-15-18(21-19(26)6-5-7-20(21)31)22(32)29(4)16-8-11-25(27,28)12-9-16/h5-7,15-17H,8-14H2,1-4H3. The summed E-state index contributed by atoms with van der Waals surface area (Å²) >= 11 is 6.54. The zero-order valence-electron chi connectivity index (χ0n) is 20.1. The van der Waals surface area contributed by atoms with E-state index in [2.05, 4.69) is 0 Å². The van der Waals surface area contributed by atoms with Crippen molar-refractivity contribution in [2.45, 2.75) is 76.5 Å². The number of amides is 2. The summed E-state index contributed by atoms with van der Waals surface area (Å²) in [7, 11) is 1.68. The third-order valence-electron chi connectivity index (χ3n) is 6.80. The zero-order chi connectivity index (χ0) is 24.8. The Balaban J connectivity index is 1.59. The highest BCUT2D eigenvalue weighted by molar-refractivity contribution is 6.36. The van der Waals surface area contributed by atoms with Crippen molar-refractivity contribution in [3.05, 3.63) is 35.0 Å². The van der Waals surface area contributed by atoms with Crippen molar-refractivity contribution in [2.75, 3.05) is 20.1 Å². The van der Waals surface area contributed by atoms with Crippen LogP contribution in [0.4, 0.5) is 13.6 Å². The first-order valence-corrected chi connectivity index (χ1v) is 12.2. The van der Waals surface area contributed by atoms with Crippen molar-refractivity contribution in [2.24, 2.45) is 0 Å². The fraction of sp³-hybridized carbons (Fsp3) is 0.600. The largest absolute Gasteiger partial charge is 0.444 e. The molecule has 6 nitrogen and oxygen atoms in total. The van der Waals surface area contributed by atoms with Crippen molar-refractivity contribution in [3.8, 4) is 0 Å². The van der Waals surface area contributed by atoms with Gasteiger partial charge < -0.3 is 19.1 Å². The normalized spacial score (nSPS) is 21.1. The fourth-order valence-electron chi connectivity index (χ4n) is 4.96. The maximum absolute atomic E-state index is 13.6. The fourth-order valence-corrected chi connectivity index (χ4v) is 5.23. The molecule has 1 aliphatic carbocycles. The Bertz CT molecular complexity index is 1080. The third-order valence-corrected chi connectivity index (χ3v) is 7.12. The molecule has 1 unspecified atom stereocenters. The number of carbonyl (C=O) groups excluding carboxylic acids is 2. The SMILES string of the molecule is CN(C(=O)c1cn(C2CCN(C(=O)OC(C)(C)C)C2)c2cccc(Cl)c12)C1CCC(F)(F)CC1. The maximum Gasteiger partial charge on any atom is 0.410 e. The van der Waals surface area contributed by atoms with Gasteiger partial charge in [-0.3, -0.25) is 4.79 Å². The van der Waals surface area contributed by atoms with Crippen LogP contribution < -0.4 is 0 Å². The smallest absolute Gasteiger partial charge is 0.410 e.